The Kier molecular flexibility index (Phi) is 5.09. The standard InChI is InChI=1S/C11H15N3O4S/c1-3-5-14(6-4-2)19(17,18)10-7-12-13(8-10)9-11(15)16/h1,7-8H,4-6,9H2,2H3,(H,15,16). The molecule has 0 bridgehead atoms. The van der Waals surface area contributed by atoms with Crippen LogP contribution in [-0.4, -0.2) is 46.7 Å². The fraction of sp³-hybridized carbons (Fsp3) is 0.455. The Morgan fingerprint density at radius 2 is 2.32 bits per heavy atom. The third-order valence-electron chi connectivity index (χ3n) is 2.29. The Bertz CT molecular complexity index is 585. The van der Waals surface area contributed by atoms with E-state index in [9.17, 15) is 13.2 Å². The fourth-order valence-corrected chi connectivity index (χ4v) is 2.89. The molecule has 0 saturated carbocycles. The third-order valence-corrected chi connectivity index (χ3v) is 4.08. The summed E-state index contributed by atoms with van der Waals surface area (Å²) in [5.74, 6) is 1.20. The Morgan fingerprint density at radius 3 is 2.84 bits per heavy atom. The Balaban J connectivity index is 3.01. The molecule has 0 aliphatic carbocycles. The van der Waals surface area contributed by atoms with Gasteiger partial charge in [-0.3, -0.25) is 9.48 Å². The van der Waals surface area contributed by atoms with Crippen molar-refractivity contribution in [3.8, 4) is 12.3 Å². The minimum atomic E-state index is -3.73. The van der Waals surface area contributed by atoms with Crippen molar-refractivity contribution in [1.29, 1.82) is 0 Å². The molecule has 0 aromatic carbocycles. The van der Waals surface area contributed by atoms with Gasteiger partial charge in [-0.2, -0.15) is 9.40 Å². The highest BCUT2D eigenvalue weighted by molar-refractivity contribution is 7.89. The number of hydrogen-bond donors (Lipinski definition) is 1. The second-order valence-electron chi connectivity index (χ2n) is 3.81. The summed E-state index contributed by atoms with van der Waals surface area (Å²) >= 11 is 0. The number of carboxylic acids is 1. The van der Waals surface area contributed by atoms with Gasteiger partial charge in [0.05, 0.1) is 12.7 Å². The maximum atomic E-state index is 12.2. The van der Waals surface area contributed by atoms with Gasteiger partial charge in [-0.25, -0.2) is 8.42 Å². The van der Waals surface area contributed by atoms with E-state index in [4.69, 9.17) is 11.5 Å². The van der Waals surface area contributed by atoms with Crippen LogP contribution in [0.2, 0.25) is 0 Å². The Morgan fingerprint density at radius 1 is 1.63 bits per heavy atom. The Labute approximate surface area is 111 Å². The van der Waals surface area contributed by atoms with Crippen molar-refractivity contribution >= 4 is 16.0 Å². The first kappa shape index (κ1) is 15.2. The zero-order chi connectivity index (χ0) is 14.5. The Hall–Kier alpha value is -1.85. The number of sulfonamides is 1. The van der Waals surface area contributed by atoms with E-state index in [0.29, 0.717) is 13.0 Å². The van der Waals surface area contributed by atoms with Crippen molar-refractivity contribution in [1.82, 2.24) is 14.1 Å². The van der Waals surface area contributed by atoms with Crippen molar-refractivity contribution in [2.45, 2.75) is 24.8 Å². The molecule has 0 unspecified atom stereocenters. The molecule has 0 saturated heterocycles. The lowest BCUT2D eigenvalue weighted by Gasteiger charge is -2.17. The lowest BCUT2D eigenvalue weighted by molar-refractivity contribution is -0.137. The molecule has 19 heavy (non-hydrogen) atoms. The molecule has 0 amide bonds. The molecule has 1 rings (SSSR count). The average Bonchev–Trinajstić information content (AvgIpc) is 2.77. The first-order chi connectivity index (χ1) is 8.91. The normalized spacial score (nSPS) is 11.4. The van der Waals surface area contributed by atoms with E-state index >= 15 is 0 Å². The van der Waals surface area contributed by atoms with Gasteiger partial charge in [0, 0.05) is 12.7 Å². The van der Waals surface area contributed by atoms with E-state index in [-0.39, 0.29) is 11.4 Å². The first-order valence-corrected chi connectivity index (χ1v) is 7.03. The molecule has 1 heterocycles. The predicted molar refractivity (Wildman–Crippen MR) is 67.7 cm³/mol. The third kappa shape index (κ3) is 3.81. The first-order valence-electron chi connectivity index (χ1n) is 5.59. The second-order valence-corrected chi connectivity index (χ2v) is 5.75. The van der Waals surface area contributed by atoms with Gasteiger partial charge in [0.15, 0.2) is 0 Å². The summed E-state index contributed by atoms with van der Waals surface area (Å²) in [7, 11) is -3.73. The molecule has 8 heteroatoms. The number of hydrogen-bond acceptors (Lipinski definition) is 4. The molecule has 0 aliphatic rings. The second kappa shape index (κ2) is 6.36. The average molecular weight is 285 g/mol. The highest BCUT2D eigenvalue weighted by atomic mass is 32.2. The topological polar surface area (TPSA) is 92.5 Å². The van der Waals surface area contributed by atoms with E-state index in [1.807, 2.05) is 6.92 Å². The summed E-state index contributed by atoms with van der Waals surface area (Å²) in [6, 6.07) is 0. The molecule has 1 N–H and O–H groups in total. The van der Waals surface area contributed by atoms with Crippen LogP contribution in [0.15, 0.2) is 17.3 Å². The van der Waals surface area contributed by atoms with Crippen molar-refractivity contribution in [3.05, 3.63) is 12.4 Å². The van der Waals surface area contributed by atoms with Crippen LogP contribution >= 0.6 is 0 Å². The van der Waals surface area contributed by atoms with Crippen LogP contribution in [0.3, 0.4) is 0 Å². The van der Waals surface area contributed by atoms with Crippen LogP contribution in [0, 0.1) is 12.3 Å². The van der Waals surface area contributed by atoms with Gasteiger partial charge in [-0.15, -0.1) is 6.42 Å². The summed E-state index contributed by atoms with van der Waals surface area (Å²) < 4.78 is 26.7. The fourth-order valence-electron chi connectivity index (χ4n) is 1.49. The highest BCUT2D eigenvalue weighted by Crippen LogP contribution is 2.14. The summed E-state index contributed by atoms with van der Waals surface area (Å²) in [6.45, 7) is 1.72. The van der Waals surface area contributed by atoms with Gasteiger partial charge in [0.25, 0.3) is 0 Å². The molecular formula is C11H15N3O4S. The zero-order valence-electron chi connectivity index (χ0n) is 10.5. The molecule has 1 aromatic heterocycles. The lowest BCUT2D eigenvalue weighted by atomic mass is 10.5. The number of nitrogens with zero attached hydrogens (tertiary/aromatic N) is 3. The van der Waals surface area contributed by atoms with Crippen LogP contribution in [0.25, 0.3) is 0 Å². The molecule has 104 valence electrons. The van der Waals surface area contributed by atoms with Crippen LogP contribution in [0.1, 0.15) is 13.3 Å². The number of aromatic nitrogens is 2. The molecule has 0 radical (unpaired) electrons. The minimum Gasteiger partial charge on any atom is -0.480 e. The minimum absolute atomic E-state index is 0.0275. The highest BCUT2D eigenvalue weighted by Gasteiger charge is 2.24. The van der Waals surface area contributed by atoms with E-state index in [0.717, 1.165) is 15.2 Å². The summed E-state index contributed by atoms with van der Waals surface area (Å²) in [4.78, 5) is 10.5. The smallest absolute Gasteiger partial charge is 0.325 e. The zero-order valence-corrected chi connectivity index (χ0v) is 11.3. The van der Waals surface area contributed by atoms with Crippen LogP contribution < -0.4 is 0 Å². The molecule has 0 spiro atoms. The van der Waals surface area contributed by atoms with Gasteiger partial charge >= 0.3 is 5.97 Å². The quantitative estimate of drug-likeness (QED) is 0.712. The number of carbonyl (C=O) groups is 1. The maximum absolute atomic E-state index is 12.2. The predicted octanol–water partition coefficient (Wildman–Crippen LogP) is 0.00160. The van der Waals surface area contributed by atoms with Crippen molar-refractivity contribution in [3.63, 3.8) is 0 Å². The maximum Gasteiger partial charge on any atom is 0.325 e. The largest absolute Gasteiger partial charge is 0.480 e. The van der Waals surface area contributed by atoms with Gasteiger partial charge < -0.3 is 5.11 Å². The molecule has 0 aliphatic heterocycles. The van der Waals surface area contributed by atoms with Crippen molar-refractivity contribution in [2.24, 2.45) is 0 Å². The van der Waals surface area contributed by atoms with Crippen LogP contribution in [-0.2, 0) is 21.4 Å². The molecule has 0 atom stereocenters. The summed E-state index contributed by atoms with van der Waals surface area (Å²) in [5, 5.41) is 12.3. The summed E-state index contributed by atoms with van der Waals surface area (Å²) in [6.07, 6.45) is 8.09. The molecule has 7 nitrogen and oxygen atoms in total. The van der Waals surface area contributed by atoms with Gasteiger partial charge in [-0.1, -0.05) is 12.8 Å². The SMILES string of the molecule is C#CCN(CCC)S(=O)(=O)c1cnn(CC(=O)O)c1. The number of carboxylic acid groups (broad SMARTS) is 1. The van der Waals surface area contributed by atoms with E-state index < -0.39 is 22.5 Å². The van der Waals surface area contributed by atoms with Gasteiger partial charge in [0.2, 0.25) is 10.0 Å². The van der Waals surface area contributed by atoms with Crippen molar-refractivity contribution < 1.29 is 18.3 Å². The monoisotopic (exact) mass is 285 g/mol. The van der Waals surface area contributed by atoms with Gasteiger partial charge in [-0.05, 0) is 6.42 Å². The van der Waals surface area contributed by atoms with Crippen LogP contribution in [0.4, 0.5) is 0 Å². The van der Waals surface area contributed by atoms with Crippen molar-refractivity contribution in [2.75, 3.05) is 13.1 Å². The number of rotatable bonds is 7. The molecule has 1 aromatic rings. The number of terminal acetylenes is 1. The van der Waals surface area contributed by atoms with E-state index in [1.54, 1.807) is 0 Å². The molecular weight excluding hydrogens is 270 g/mol. The van der Waals surface area contributed by atoms with Crippen LogP contribution in [0.5, 0.6) is 0 Å². The van der Waals surface area contributed by atoms with E-state index in [2.05, 4.69) is 11.0 Å². The number of aliphatic carboxylic acids is 1. The molecule has 0 fully saturated rings. The summed E-state index contributed by atoms with van der Waals surface area (Å²) in [5.41, 5.74) is 0. The lowest BCUT2D eigenvalue weighted by Crippen LogP contribution is -2.32. The van der Waals surface area contributed by atoms with E-state index in [1.165, 1.54) is 6.20 Å². The van der Waals surface area contributed by atoms with Gasteiger partial charge in [0.1, 0.15) is 11.4 Å².